The van der Waals surface area contributed by atoms with Crippen LogP contribution in [0.3, 0.4) is 0 Å². The Labute approximate surface area is 143 Å². The van der Waals surface area contributed by atoms with E-state index in [4.69, 9.17) is 16.3 Å². The maximum Gasteiger partial charge on any atom is 0.226 e. The molecule has 1 heterocycles. The van der Waals surface area contributed by atoms with Crippen LogP contribution < -0.4 is 0 Å². The number of rotatable bonds is 5. The van der Waals surface area contributed by atoms with Crippen LogP contribution in [-0.2, 0) is 9.53 Å². The highest BCUT2D eigenvalue weighted by molar-refractivity contribution is 6.30. The van der Waals surface area contributed by atoms with Crippen LogP contribution in [0.4, 0.5) is 0 Å². The second-order valence-corrected chi connectivity index (χ2v) is 6.95. The zero-order valence-corrected chi connectivity index (χ0v) is 14.5. The SMILES string of the molecule is COCCN1CCCN(C(=O)[C@@H]2C[C@H]2c2cccc(Cl)c2)CC1. The number of hydrogen-bond acceptors (Lipinski definition) is 3. The van der Waals surface area contributed by atoms with Gasteiger partial charge in [-0.2, -0.15) is 0 Å². The number of halogens is 1. The fourth-order valence-electron chi connectivity index (χ4n) is 3.44. The molecule has 1 aliphatic carbocycles. The van der Waals surface area contributed by atoms with E-state index in [1.807, 2.05) is 18.2 Å². The van der Waals surface area contributed by atoms with Crippen molar-refractivity contribution in [2.45, 2.75) is 18.8 Å². The molecule has 0 unspecified atom stereocenters. The molecule has 1 aromatic rings. The Bertz CT molecular complexity index is 552. The first kappa shape index (κ1) is 16.7. The number of benzene rings is 1. The van der Waals surface area contributed by atoms with Crippen molar-refractivity contribution < 1.29 is 9.53 Å². The van der Waals surface area contributed by atoms with Gasteiger partial charge in [-0.1, -0.05) is 23.7 Å². The Morgan fingerprint density at radius 2 is 2.17 bits per heavy atom. The van der Waals surface area contributed by atoms with Gasteiger partial charge in [-0.15, -0.1) is 0 Å². The Morgan fingerprint density at radius 3 is 2.96 bits per heavy atom. The minimum absolute atomic E-state index is 0.152. The first-order valence-electron chi connectivity index (χ1n) is 8.44. The lowest BCUT2D eigenvalue weighted by Gasteiger charge is -2.22. The average molecular weight is 337 g/mol. The highest BCUT2D eigenvalue weighted by atomic mass is 35.5. The van der Waals surface area contributed by atoms with E-state index in [0.29, 0.717) is 11.8 Å². The lowest BCUT2D eigenvalue weighted by Crippen LogP contribution is -2.37. The topological polar surface area (TPSA) is 32.8 Å². The van der Waals surface area contributed by atoms with Crippen molar-refractivity contribution in [1.82, 2.24) is 9.80 Å². The maximum absolute atomic E-state index is 12.8. The molecule has 0 aromatic heterocycles. The van der Waals surface area contributed by atoms with E-state index in [1.54, 1.807) is 7.11 Å². The number of methoxy groups -OCH3 is 1. The number of carbonyl (C=O) groups is 1. The number of carbonyl (C=O) groups excluding carboxylic acids is 1. The molecule has 1 saturated heterocycles. The molecular weight excluding hydrogens is 312 g/mol. The van der Waals surface area contributed by atoms with Crippen molar-refractivity contribution >= 4 is 17.5 Å². The summed E-state index contributed by atoms with van der Waals surface area (Å²) in [5.74, 6) is 0.830. The molecule has 1 saturated carbocycles. The molecule has 2 aliphatic rings. The Morgan fingerprint density at radius 1 is 1.30 bits per heavy atom. The first-order valence-corrected chi connectivity index (χ1v) is 8.82. The van der Waals surface area contributed by atoms with Gasteiger partial charge in [-0.25, -0.2) is 0 Å². The molecule has 5 heteroatoms. The fourth-order valence-corrected chi connectivity index (χ4v) is 3.64. The molecule has 0 spiro atoms. The second kappa shape index (κ2) is 7.65. The highest BCUT2D eigenvalue weighted by Crippen LogP contribution is 2.48. The summed E-state index contributed by atoms with van der Waals surface area (Å²) in [4.78, 5) is 17.2. The fraction of sp³-hybridized carbons (Fsp3) is 0.611. The molecule has 0 N–H and O–H groups in total. The quantitative estimate of drug-likeness (QED) is 0.828. The summed E-state index contributed by atoms with van der Waals surface area (Å²) < 4.78 is 5.15. The maximum atomic E-state index is 12.8. The van der Waals surface area contributed by atoms with E-state index < -0.39 is 0 Å². The normalized spacial score (nSPS) is 25.2. The van der Waals surface area contributed by atoms with Gasteiger partial charge in [0.25, 0.3) is 0 Å². The Kier molecular flexibility index (Phi) is 5.57. The van der Waals surface area contributed by atoms with Crippen LogP contribution >= 0.6 is 11.6 Å². The third kappa shape index (κ3) is 4.25. The van der Waals surface area contributed by atoms with Crippen molar-refractivity contribution in [3.63, 3.8) is 0 Å². The van der Waals surface area contributed by atoms with Gasteiger partial charge in [-0.3, -0.25) is 9.69 Å². The van der Waals surface area contributed by atoms with Crippen molar-refractivity contribution in [2.75, 3.05) is 46.4 Å². The van der Waals surface area contributed by atoms with Crippen LogP contribution in [0.1, 0.15) is 24.3 Å². The summed E-state index contributed by atoms with van der Waals surface area (Å²) in [7, 11) is 1.73. The molecule has 0 radical (unpaired) electrons. The summed E-state index contributed by atoms with van der Waals surface area (Å²) in [6, 6.07) is 7.93. The average Bonchev–Trinajstić information content (AvgIpc) is 3.36. The van der Waals surface area contributed by atoms with Crippen LogP contribution in [0.5, 0.6) is 0 Å². The monoisotopic (exact) mass is 336 g/mol. The first-order chi connectivity index (χ1) is 11.2. The summed E-state index contributed by atoms with van der Waals surface area (Å²) in [5.41, 5.74) is 1.20. The van der Waals surface area contributed by atoms with Gasteiger partial charge in [0, 0.05) is 44.2 Å². The van der Waals surface area contributed by atoms with Crippen LogP contribution in [0.25, 0.3) is 0 Å². The zero-order chi connectivity index (χ0) is 16.2. The van der Waals surface area contributed by atoms with E-state index in [1.165, 1.54) is 5.56 Å². The molecule has 23 heavy (non-hydrogen) atoms. The van der Waals surface area contributed by atoms with Crippen LogP contribution in [0.15, 0.2) is 24.3 Å². The summed E-state index contributed by atoms with van der Waals surface area (Å²) >= 11 is 6.06. The number of amides is 1. The van der Waals surface area contributed by atoms with E-state index in [9.17, 15) is 4.79 Å². The molecule has 2 atom stereocenters. The summed E-state index contributed by atoms with van der Waals surface area (Å²) in [5, 5.41) is 0.754. The lowest BCUT2D eigenvalue weighted by molar-refractivity contribution is -0.132. The van der Waals surface area contributed by atoms with Gasteiger partial charge >= 0.3 is 0 Å². The van der Waals surface area contributed by atoms with Crippen molar-refractivity contribution in [3.8, 4) is 0 Å². The Balaban J connectivity index is 1.53. The summed E-state index contributed by atoms with van der Waals surface area (Å²) in [6.07, 6.45) is 2.01. The largest absolute Gasteiger partial charge is 0.383 e. The minimum atomic E-state index is 0.152. The third-order valence-corrected chi connectivity index (χ3v) is 5.13. The molecular formula is C18H25ClN2O2. The molecule has 126 valence electrons. The smallest absolute Gasteiger partial charge is 0.226 e. The van der Waals surface area contributed by atoms with E-state index in [2.05, 4.69) is 15.9 Å². The summed E-state index contributed by atoms with van der Waals surface area (Å²) in [6.45, 7) is 5.42. The predicted molar refractivity (Wildman–Crippen MR) is 91.8 cm³/mol. The van der Waals surface area contributed by atoms with Crippen LogP contribution in [-0.4, -0.2) is 62.1 Å². The van der Waals surface area contributed by atoms with Crippen molar-refractivity contribution in [2.24, 2.45) is 5.92 Å². The molecule has 1 aromatic carbocycles. The highest BCUT2D eigenvalue weighted by Gasteiger charge is 2.45. The number of ether oxygens (including phenoxy) is 1. The Hall–Kier alpha value is -1.10. The minimum Gasteiger partial charge on any atom is -0.383 e. The molecule has 2 fully saturated rings. The predicted octanol–water partition coefficient (Wildman–Crippen LogP) is 2.62. The third-order valence-electron chi connectivity index (χ3n) is 4.90. The van der Waals surface area contributed by atoms with Gasteiger partial charge in [-0.05, 0) is 43.0 Å². The van der Waals surface area contributed by atoms with Crippen molar-refractivity contribution in [1.29, 1.82) is 0 Å². The lowest BCUT2D eigenvalue weighted by atomic mass is 10.1. The zero-order valence-electron chi connectivity index (χ0n) is 13.7. The molecule has 1 amide bonds. The van der Waals surface area contributed by atoms with Gasteiger partial charge in [0.1, 0.15) is 0 Å². The van der Waals surface area contributed by atoms with Crippen LogP contribution in [0.2, 0.25) is 5.02 Å². The molecule has 3 rings (SSSR count). The van der Waals surface area contributed by atoms with Gasteiger partial charge in [0.2, 0.25) is 5.91 Å². The molecule has 4 nitrogen and oxygen atoms in total. The van der Waals surface area contributed by atoms with E-state index in [-0.39, 0.29) is 5.92 Å². The number of hydrogen-bond donors (Lipinski definition) is 0. The molecule has 0 bridgehead atoms. The number of nitrogens with zero attached hydrogens (tertiary/aromatic N) is 2. The van der Waals surface area contributed by atoms with Crippen molar-refractivity contribution in [3.05, 3.63) is 34.9 Å². The van der Waals surface area contributed by atoms with Gasteiger partial charge in [0.05, 0.1) is 6.61 Å². The van der Waals surface area contributed by atoms with E-state index >= 15 is 0 Å². The van der Waals surface area contributed by atoms with Gasteiger partial charge in [0.15, 0.2) is 0 Å². The van der Waals surface area contributed by atoms with Crippen LogP contribution in [0, 0.1) is 5.92 Å². The van der Waals surface area contributed by atoms with Gasteiger partial charge < -0.3 is 9.64 Å². The molecule has 1 aliphatic heterocycles. The standard InChI is InChI=1S/C18H25ClN2O2/c1-23-11-10-20-6-3-7-21(9-8-20)18(22)17-13-16(17)14-4-2-5-15(19)12-14/h2,4-5,12,16-17H,3,6-11,13H2,1H3/t16-,17+/m0/s1. The second-order valence-electron chi connectivity index (χ2n) is 6.52. The van der Waals surface area contributed by atoms with E-state index in [0.717, 1.165) is 57.2 Å².